The summed E-state index contributed by atoms with van der Waals surface area (Å²) < 4.78 is 50.5. The van der Waals surface area contributed by atoms with Crippen LogP contribution in [0.5, 0.6) is 0 Å². The highest BCUT2D eigenvalue weighted by molar-refractivity contribution is 7.50. The number of rotatable bonds is 5. The number of alkyl halides is 3. The van der Waals surface area contributed by atoms with Crippen LogP contribution in [0.1, 0.15) is 11.4 Å². The Morgan fingerprint density at radius 2 is 2.00 bits per heavy atom. The molecule has 0 spiro atoms. The number of aromatic nitrogens is 2. The van der Waals surface area contributed by atoms with Crippen molar-refractivity contribution in [1.29, 1.82) is 0 Å². The summed E-state index contributed by atoms with van der Waals surface area (Å²) in [5.74, 6) is -1.50. The standard InChI is InChI=1S/C12H13F3N3O5P/c13-12(14,15)6-1-2-9-8(3-6)17-10(4-7(16)11(19)20)18(9)5-24(21,22)23/h1-3,7H,4-5,16H2,(H,19,20)(H2,21,22,23)/t7-/m0/s1. The maximum Gasteiger partial charge on any atom is 0.416 e. The van der Waals surface area contributed by atoms with Gasteiger partial charge in [0.25, 0.3) is 0 Å². The molecule has 0 saturated heterocycles. The van der Waals surface area contributed by atoms with E-state index >= 15 is 0 Å². The van der Waals surface area contributed by atoms with Crippen molar-refractivity contribution in [3.63, 3.8) is 0 Å². The molecule has 2 rings (SSSR count). The SMILES string of the molecule is N[C@@H](Cc1nc2cc(C(F)(F)F)ccc2n1CP(=O)(O)O)C(=O)O. The fourth-order valence-electron chi connectivity index (χ4n) is 2.14. The van der Waals surface area contributed by atoms with Crippen molar-refractivity contribution in [3.8, 4) is 0 Å². The molecule has 2 aromatic rings. The predicted octanol–water partition coefficient (Wildman–Crippen LogP) is 1.14. The molecule has 1 atom stereocenters. The van der Waals surface area contributed by atoms with Gasteiger partial charge in [0.05, 0.1) is 16.6 Å². The van der Waals surface area contributed by atoms with E-state index in [1.54, 1.807) is 0 Å². The molecule has 0 aliphatic rings. The highest BCUT2D eigenvalue weighted by Crippen LogP contribution is 2.39. The van der Waals surface area contributed by atoms with Gasteiger partial charge in [-0.2, -0.15) is 13.2 Å². The first-order chi connectivity index (χ1) is 10.9. The molecule has 1 aromatic carbocycles. The highest BCUT2D eigenvalue weighted by Gasteiger charge is 2.31. The molecule has 5 N–H and O–H groups in total. The van der Waals surface area contributed by atoms with E-state index in [4.69, 9.17) is 20.6 Å². The van der Waals surface area contributed by atoms with Crippen LogP contribution in [-0.4, -0.2) is 36.5 Å². The van der Waals surface area contributed by atoms with Gasteiger partial charge in [0, 0.05) is 6.42 Å². The first kappa shape index (κ1) is 18.4. The zero-order chi connectivity index (χ0) is 18.3. The Balaban J connectivity index is 2.59. The Hall–Kier alpha value is -1.94. The lowest BCUT2D eigenvalue weighted by molar-refractivity contribution is -0.139. The molecule has 12 heteroatoms. The number of hydrogen-bond donors (Lipinski definition) is 4. The number of fused-ring (bicyclic) bond motifs is 1. The van der Waals surface area contributed by atoms with Gasteiger partial charge in [0.1, 0.15) is 18.2 Å². The van der Waals surface area contributed by atoms with Gasteiger partial charge in [0.15, 0.2) is 0 Å². The van der Waals surface area contributed by atoms with Crippen LogP contribution in [-0.2, 0) is 28.2 Å². The first-order valence-electron chi connectivity index (χ1n) is 6.48. The third-order valence-electron chi connectivity index (χ3n) is 3.20. The summed E-state index contributed by atoms with van der Waals surface area (Å²) in [5.41, 5.74) is 4.27. The largest absolute Gasteiger partial charge is 0.480 e. The number of carbonyl (C=O) groups is 1. The zero-order valence-electron chi connectivity index (χ0n) is 11.9. The number of hydrogen-bond acceptors (Lipinski definition) is 4. The Bertz CT molecular complexity index is 829. The molecule has 0 bridgehead atoms. The minimum atomic E-state index is -4.61. The molecule has 0 fully saturated rings. The Morgan fingerprint density at radius 1 is 1.38 bits per heavy atom. The maximum absolute atomic E-state index is 12.8. The predicted molar refractivity (Wildman–Crippen MR) is 76.1 cm³/mol. The molecular formula is C12H13F3N3O5P. The van der Waals surface area contributed by atoms with Crippen molar-refractivity contribution in [2.45, 2.75) is 24.9 Å². The summed E-state index contributed by atoms with van der Waals surface area (Å²) in [7, 11) is -4.58. The van der Waals surface area contributed by atoms with Gasteiger partial charge in [-0.1, -0.05) is 0 Å². The van der Waals surface area contributed by atoms with Crippen LogP contribution in [0.25, 0.3) is 11.0 Å². The van der Waals surface area contributed by atoms with Gasteiger partial charge in [-0.25, -0.2) is 4.98 Å². The Kier molecular flexibility index (Phi) is 4.73. The van der Waals surface area contributed by atoms with Crippen molar-refractivity contribution in [1.82, 2.24) is 9.55 Å². The fraction of sp³-hybridized carbons (Fsp3) is 0.333. The van der Waals surface area contributed by atoms with E-state index < -0.39 is 44.1 Å². The number of halogens is 3. The van der Waals surface area contributed by atoms with Crippen LogP contribution in [0, 0.1) is 0 Å². The van der Waals surface area contributed by atoms with E-state index in [9.17, 15) is 22.5 Å². The smallest absolute Gasteiger partial charge is 0.416 e. The number of aliphatic carboxylic acids is 1. The topological polar surface area (TPSA) is 139 Å². The number of carboxylic acids is 1. The molecule has 0 unspecified atom stereocenters. The van der Waals surface area contributed by atoms with Crippen molar-refractivity contribution >= 4 is 24.6 Å². The molecule has 0 radical (unpaired) electrons. The fourth-order valence-corrected chi connectivity index (χ4v) is 2.82. The lowest BCUT2D eigenvalue weighted by atomic mass is 10.2. The third-order valence-corrected chi connectivity index (χ3v) is 3.85. The Morgan fingerprint density at radius 3 is 2.50 bits per heavy atom. The van der Waals surface area contributed by atoms with E-state index in [0.717, 1.165) is 22.8 Å². The van der Waals surface area contributed by atoms with Crippen LogP contribution in [0.4, 0.5) is 13.2 Å². The maximum atomic E-state index is 12.8. The van der Waals surface area contributed by atoms with Crippen LogP contribution in [0.2, 0.25) is 0 Å². The summed E-state index contributed by atoms with van der Waals surface area (Å²) >= 11 is 0. The van der Waals surface area contributed by atoms with E-state index in [1.807, 2.05) is 0 Å². The van der Waals surface area contributed by atoms with Crippen LogP contribution in [0.3, 0.4) is 0 Å². The summed E-state index contributed by atoms with van der Waals surface area (Å²) in [6, 6.07) is 1.08. The second-order valence-corrected chi connectivity index (χ2v) is 6.72. The lowest BCUT2D eigenvalue weighted by Crippen LogP contribution is -2.33. The van der Waals surface area contributed by atoms with E-state index in [2.05, 4.69) is 4.98 Å². The molecule has 0 aliphatic heterocycles. The van der Waals surface area contributed by atoms with Gasteiger partial charge in [-0.15, -0.1) is 0 Å². The van der Waals surface area contributed by atoms with Crippen molar-refractivity contribution < 1.29 is 37.4 Å². The normalized spacial score (nSPS) is 14.1. The molecule has 0 saturated carbocycles. The molecule has 24 heavy (non-hydrogen) atoms. The second-order valence-electron chi connectivity index (χ2n) is 5.11. The second kappa shape index (κ2) is 6.17. The van der Waals surface area contributed by atoms with E-state index in [0.29, 0.717) is 0 Å². The van der Waals surface area contributed by atoms with Gasteiger partial charge in [0.2, 0.25) is 0 Å². The number of nitrogens with zero attached hydrogens (tertiary/aromatic N) is 2. The molecular weight excluding hydrogens is 354 g/mol. The van der Waals surface area contributed by atoms with Crippen molar-refractivity contribution in [3.05, 3.63) is 29.6 Å². The minimum Gasteiger partial charge on any atom is -0.480 e. The van der Waals surface area contributed by atoms with Gasteiger partial charge in [-0.05, 0) is 18.2 Å². The third kappa shape index (κ3) is 4.12. The molecule has 0 amide bonds. The first-order valence-corrected chi connectivity index (χ1v) is 8.27. The molecule has 1 aromatic heterocycles. The van der Waals surface area contributed by atoms with Crippen molar-refractivity contribution in [2.24, 2.45) is 5.73 Å². The van der Waals surface area contributed by atoms with Crippen molar-refractivity contribution in [2.75, 3.05) is 0 Å². The molecule has 132 valence electrons. The van der Waals surface area contributed by atoms with Crippen LogP contribution < -0.4 is 5.73 Å². The summed E-state index contributed by atoms with van der Waals surface area (Å²) in [4.78, 5) is 33.0. The number of imidazole rings is 1. The lowest BCUT2D eigenvalue weighted by Gasteiger charge is -2.12. The zero-order valence-corrected chi connectivity index (χ0v) is 12.8. The van der Waals surface area contributed by atoms with Crippen LogP contribution >= 0.6 is 7.60 Å². The number of benzene rings is 1. The molecule has 1 heterocycles. The van der Waals surface area contributed by atoms with E-state index in [1.165, 1.54) is 0 Å². The summed E-state index contributed by atoms with van der Waals surface area (Å²) in [6.45, 7) is 0. The summed E-state index contributed by atoms with van der Waals surface area (Å²) in [5, 5.41) is 8.83. The van der Waals surface area contributed by atoms with E-state index in [-0.39, 0.29) is 16.9 Å². The summed E-state index contributed by atoms with van der Waals surface area (Å²) in [6.07, 6.45) is -5.86. The number of nitrogens with two attached hydrogens (primary N) is 1. The average molecular weight is 367 g/mol. The Labute approximate surface area is 132 Å². The van der Waals surface area contributed by atoms with Gasteiger partial charge < -0.3 is 25.2 Å². The molecule has 0 aliphatic carbocycles. The van der Waals surface area contributed by atoms with Crippen LogP contribution in [0.15, 0.2) is 18.2 Å². The van der Waals surface area contributed by atoms with Gasteiger partial charge >= 0.3 is 19.7 Å². The number of carboxylic acid groups (broad SMARTS) is 1. The highest BCUT2D eigenvalue weighted by atomic mass is 31.2. The average Bonchev–Trinajstić information content (AvgIpc) is 2.73. The minimum absolute atomic E-state index is 0.0407. The quantitative estimate of drug-likeness (QED) is 0.581. The molecule has 8 nitrogen and oxygen atoms in total. The monoisotopic (exact) mass is 367 g/mol. The van der Waals surface area contributed by atoms with Gasteiger partial charge in [-0.3, -0.25) is 9.36 Å².